The van der Waals surface area contributed by atoms with Gasteiger partial charge in [-0.2, -0.15) is 18.4 Å². The molecular weight excluding hydrogens is 370 g/mol. The minimum atomic E-state index is -3.79. The Hall–Kier alpha value is -3.46. The van der Waals surface area contributed by atoms with Crippen molar-refractivity contribution in [2.75, 3.05) is 0 Å². The molecule has 138 valence electrons. The van der Waals surface area contributed by atoms with Gasteiger partial charge in [0.2, 0.25) is 0 Å². The highest BCUT2D eigenvalue weighted by Crippen LogP contribution is 2.30. The number of furan rings is 1. The van der Waals surface area contributed by atoms with E-state index in [-0.39, 0.29) is 22.1 Å². The van der Waals surface area contributed by atoms with Crippen molar-refractivity contribution in [3.8, 4) is 11.3 Å². The number of hydrazone groups is 1. The van der Waals surface area contributed by atoms with Crippen LogP contribution in [0.2, 0.25) is 0 Å². The van der Waals surface area contributed by atoms with E-state index in [0.29, 0.717) is 5.56 Å². The summed E-state index contributed by atoms with van der Waals surface area (Å²) in [5.74, 6) is 0.528. The number of hydrogen-bond donors (Lipinski definition) is 1. The highest BCUT2D eigenvalue weighted by atomic mass is 32.2. The molecule has 1 N–H and O–H groups in total. The van der Waals surface area contributed by atoms with Crippen molar-refractivity contribution >= 4 is 21.9 Å². The Morgan fingerprint density at radius 3 is 2.48 bits per heavy atom. The minimum Gasteiger partial charge on any atom is -0.455 e. The van der Waals surface area contributed by atoms with Gasteiger partial charge in [-0.1, -0.05) is 29.8 Å². The third-order valence-corrected chi connectivity index (χ3v) is 4.93. The summed E-state index contributed by atoms with van der Waals surface area (Å²) in [4.78, 5) is 12.8. The summed E-state index contributed by atoms with van der Waals surface area (Å²) in [6.07, 6.45) is 1.18. The number of rotatable bonds is 6. The molecule has 1 heterocycles. The second-order valence-electron chi connectivity index (χ2n) is 5.64. The van der Waals surface area contributed by atoms with Crippen LogP contribution in [0.25, 0.3) is 11.3 Å². The Morgan fingerprint density at radius 2 is 1.78 bits per heavy atom. The van der Waals surface area contributed by atoms with Crippen LogP contribution in [-0.2, 0) is 10.0 Å². The number of hydrogen-bond acceptors (Lipinski definition) is 6. The molecule has 0 radical (unpaired) electrons. The zero-order valence-corrected chi connectivity index (χ0v) is 15.0. The fourth-order valence-corrected chi connectivity index (χ4v) is 3.13. The highest BCUT2D eigenvalue weighted by molar-refractivity contribution is 7.89. The molecule has 9 heteroatoms. The normalized spacial score (nSPS) is 11.6. The van der Waals surface area contributed by atoms with Gasteiger partial charge in [0, 0.05) is 6.07 Å². The lowest BCUT2D eigenvalue weighted by Gasteiger charge is -2.03. The van der Waals surface area contributed by atoms with Crippen molar-refractivity contribution in [1.82, 2.24) is 4.83 Å². The average molecular weight is 385 g/mol. The van der Waals surface area contributed by atoms with E-state index >= 15 is 0 Å². The molecule has 27 heavy (non-hydrogen) atoms. The SMILES string of the molecule is Cc1ccc(S(=O)(=O)NN=Cc2ccc(-c3ccccc3[N+](=O)[O-])o2)cc1. The summed E-state index contributed by atoms with van der Waals surface area (Å²) in [5.41, 5.74) is 1.17. The maximum Gasteiger partial charge on any atom is 0.280 e. The number of nitrogens with zero attached hydrogens (tertiary/aromatic N) is 2. The van der Waals surface area contributed by atoms with Gasteiger partial charge in [0.1, 0.15) is 11.5 Å². The Balaban J connectivity index is 1.76. The molecule has 0 saturated carbocycles. The van der Waals surface area contributed by atoms with Crippen molar-refractivity contribution < 1.29 is 17.8 Å². The summed E-state index contributed by atoms with van der Waals surface area (Å²) in [5, 5.41) is 14.8. The first-order valence-corrected chi connectivity index (χ1v) is 9.30. The molecule has 0 atom stereocenters. The molecule has 0 bridgehead atoms. The topological polar surface area (TPSA) is 115 Å². The largest absolute Gasteiger partial charge is 0.455 e. The lowest BCUT2D eigenvalue weighted by atomic mass is 10.1. The molecule has 0 aliphatic carbocycles. The predicted octanol–water partition coefficient (Wildman–Crippen LogP) is 3.48. The van der Waals surface area contributed by atoms with Crippen molar-refractivity contribution in [2.24, 2.45) is 5.10 Å². The summed E-state index contributed by atoms with van der Waals surface area (Å²) < 4.78 is 29.8. The number of benzene rings is 2. The van der Waals surface area contributed by atoms with E-state index in [1.54, 1.807) is 36.4 Å². The monoisotopic (exact) mass is 385 g/mol. The first kappa shape index (κ1) is 18.3. The second kappa shape index (κ2) is 7.42. The third kappa shape index (κ3) is 4.21. The smallest absolute Gasteiger partial charge is 0.280 e. The second-order valence-corrected chi connectivity index (χ2v) is 7.30. The Labute approximate surface area is 155 Å². The molecule has 2 aromatic carbocycles. The van der Waals surface area contributed by atoms with Crippen LogP contribution in [-0.4, -0.2) is 19.6 Å². The molecule has 0 aliphatic heterocycles. The Kier molecular flexibility index (Phi) is 5.04. The van der Waals surface area contributed by atoms with Gasteiger partial charge in [-0.25, -0.2) is 0 Å². The first-order chi connectivity index (χ1) is 12.9. The fraction of sp³-hybridized carbons (Fsp3) is 0.0556. The van der Waals surface area contributed by atoms with E-state index in [1.807, 2.05) is 6.92 Å². The van der Waals surface area contributed by atoms with E-state index in [0.717, 1.165) is 5.56 Å². The van der Waals surface area contributed by atoms with Crippen molar-refractivity contribution in [1.29, 1.82) is 0 Å². The van der Waals surface area contributed by atoms with Crippen molar-refractivity contribution in [3.63, 3.8) is 0 Å². The van der Waals surface area contributed by atoms with E-state index < -0.39 is 14.9 Å². The van der Waals surface area contributed by atoms with Gasteiger partial charge >= 0.3 is 0 Å². The Morgan fingerprint density at radius 1 is 1.07 bits per heavy atom. The van der Waals surface area contributed by atoms with Crippen LogP contribution in [0.3, 0.4) is 0 Å². The van der Waals surface area contributed by atoms with Crippen molar-refractivity contribution in [2.45, 2.75) is 11.8 Å². The number of nitrogens with one attached hydrogen (secondary N) is 1. The molecule has 3 aromatic rings. The number of nitro groups is 1. The van der Waals surface area contributed by atoms with Gasteiger partial charge < -0.3 is 4.42 Å². The standard InChI is InChI=1S/C18H15N3O5S/c1-13-6-9-15(10-7-13)27(24,25)20-19-12-14-8-11-18(26-14)16-4-2-3-5-17(16)21(22)23/h2-12,20H,1H3. The molecule has 1 aromatic heterocycles. The van der Waals surface area contributed by atoms with Crippen LogP contribution < -0.4 is 4.83 Å². The van der Waals surface area contributed by atoms with Crippen LogP contribution in [0.4, 0.5) is 5.69 Å². The van der Waals surface area contributed by atoms with Crippen LogP contribution in [0.1, 0.15) is 11.3 Å². The van der Waals surface area contributed by atoms with Crippen molar-refractivity contribution in [3.05, 3.63) is 82.1 Å². The maximum absolute atomic E-state index is 12.1. The summed E-state index contributed by atoms with van der Waals surface area (Å²) in [6, 6.07) is 15.6. The molecule has 0 amide bonds. The number of sulfonamides is 1. The van der Waals surface area contributed by atoms with Crippen LogP contribution in [0.5, 0.6) is 0 Å². The lowest BCUT2D eigenvalue weighted by molar-refractivity contribution is -0.384. The number of nitro benzene ring substituents is 1. The van der Waals surface area contributed by atoms with Gasteiger partial charge in [0.15, 0.2) is 0 Å². The molecule has 0 aliphatic rings. The highest BCUT2D eigenvalue weighted by Gasteiger charge is 2.17. The maximum atomic E-state index is 12.1. The van der Waals surface area contributed by atoms with Gasteiger partial charge in [0.25, 0.3) is 15.7 Å². The first-order valence-electron chi connectivity index (χ1n) is 7.82. The summed E-state index contributed by atoms with van der Waals surface area (Å²) in [6.45, 7) is 1.85. The fourth-order valence-electron chi connectivity index (χ4n) is 2.34. The molecular formula is C18H15N3O5S. The van der Waals surface area contributed by atoms with E-state index in [2.05, 4.69) is 9.93 Å². The van der Waals surface area contributed by atoms with Gasteiger partial charge in [-0.3, -0.25) is 10.1 Å². The molecule has 0 unspecified atom stereocenters. The number of aryl methyl sites for hydroxylation is 1. The summed E-state index contributed by atoms with van der Waals surface area (Å²) >= 11 is 0. The van der Waals surface area contributed by atoms with Gasteiger partial charge in [-0.05, 0) is 37.3 Å². The average Bonchev–Trinajstić information content (AvgIpc) is 3.10. The van der Waals surface area contributed by atoms with E-state index in [4.69, 9.17) is 4.42 Å². The zero-order chi connectivity index (χ0) is 19.4. The predicted molar refractivity (Wildman–Crippen MR) is 99.9 cm³/mol. The zero-order valence-electron chi connectivity index (χ0n) is 14.2. The third-order valence-electron chi connectivity index (χ3n) is 3.69. The van der Waals surface area contributed by atoms with E-state index in [1.165, 1.54) is 30.5 Å². The van der Waals surface area contributed by atoms with E-state index in [9.17, 15) is 18.5 Å². The van der Waals surface area contributed by atoms with Gasteiger partial charge in [0.05, 0.1) is 21.6 Å². The molecule has 0 saturated heterocycles. The van der Waals surface area contributed by atoms with Crippen LogP contribution >= 0.6 is 0 Å². The lowest BCUT2D eigenvalue weighted by Crippen LogP contribution is -2.18. The molecule has 8 nitrogen and oxygen atoms in total. The van der Waals surface area contributed by atoms with Crippen LogP contribution in [0, 0.1) is 17.0 Å². The van der Waals surface area contributed by atoms with Crippen LogP contribution in [0.15, 0.2) is 75.1 Å². The molecule has 0 fully saturated rings. The Bertz CT molecular complexity index is 1100. The molecule has 0 spiro atoms. The minimum absolute atomic E-state index is 0.0876. The quantitative estimate of drug-likeness (QED) is 0.396. The van der Waals surface area contributed by atoms with Gasteiger partial charge in [-0.15, -0.1) is 0 Å². The number of para-hydroxylation sites is 1. The molecule has 3 rings (SSSR count). The summed E-state index contributed by atoms with van der Waals surface area (Å²) in [7, 11) is -3.79.